The molecule has 1 fully saturated rings. The van der Waals surface area contributed by atoms with Gasteiger partial charge in [-0.1, -0.05) is 76.4 Å². The maximum Gasteiger partial charge on any atom is 0.217 e. The molecule has 5 heteroatoms. The number of nitrogens with two attached hydrogens (primary N) is 1. The summed E-state index contributed by atoms with van der Waals surface area (Å²) in [6, 6.07) is 15.3. The van der Waals surface area contributed by atoms with Crippen molar-refractivity contribution in [3.8, 4) is 5.75 Å². The minimum atomic E-state index is -0.576. The van der Waals surface area contributed by atoms with Crippen LogP contribution in [0.3, 0.4) is 0 Å². The molecule has 1 aliphatic rings. The fourth-order valence-corrected chi connectivity index (χ4v) is 4.27. The molecule has 1 unspecified atom stereocenters. The lowest BCUT2D eigenvalue weighted by Gasteiger charge is -2.23. The lowest BCUT2D eigenvalue weighted by Crippen LogP contribution is -2.32. The lowest BCUT2D eigenvalue weighted by molar-refractivity contribution is -0.119. The van der Waals surface area contributed by atoms with Crippen molar-refractivity contribution in [3.05, 3.63) is 65.5 Å². The standard InChI is InChI=1S/C16H24.C8H18N2O.C6H5FO/c1-3-13(2)15-10-7-11-16(12-15)14-8-5-4-6-9-14;1-3-8(5-4-6-9)10-7(2)11;7-5-3-1-2-4-6(5)8/h7,10-14H,3-6,8-9H2,1-2H3;8H,3-6,9H2,1-2H3,(H,10,11);1-4,8H/t;8-;/m.0./s1. The van der Waals surface area contributed by atoms with Gasteiger partial charge in [-0.05, 0) is 80.2 Å². The summed E-state index contributed by atoms with van der Waals surface area (Å²) in [7, 11) is 0. The maximum atomic E-state index is 12.1. The number of amides is 1. The molecule has 0 aliphatic heterocycles. The van der Waals surface area contributed by atoms with Crippen LogP contribution in [0.25, 0.3) is 0 Å². The predicted molar refractivity (Wildman–Crippen MR) is 145 cm³/mol. The summed E-state index contributed by atoms with van der Waals surface area (Å²) >= 11 is 0. The maximum absolute atomic E-state index is 12.1. The van der Waals surface area contributed by atoms with Gasteiger partial charge >= 0.3 is 0 Å². The van der Waals surface area contributed by atoms with Crippen molar-refractivity contribution in [2.24, 2.45) is 5.73 Å². The van der Waals surface area contributed by atoms with Gasteiger partial charge in [0.2, 0.25) is 5.91 Å². The summed E-state index contributed by atoms with van der Waals surface area (Å²) in [6.45, 7) is 8.93. The van der Waals surface area contributed by atoms with Crippen LogP contribution in [0.4, 0.5) is 4.39 Å². The monoisotopic (exact) mass is 486 g/mol. The van der Waals surface area contributed by atoms with Crippen molar-refractivity contribution in [1.29, 1.82) is 0 Å². The summed E-state index contributed by atoms with van der Waals surface area (Å²) in [5.74, 6) is 0.732. The van der Waals surface area contributed by atoms with Crippen molar-refractivity contribution < 1.29 is 14.3 Å². The smallest absolute Gasteiger partial charge is 0.217 e. The van der Waals surface area contributed by atoms with Gasteiger partial charge in [0.1, 0.15) is 0 Å². The second kappa shape index (κ2) is 18.0. The number of halogens is 1. The van der Waals surface area contributed by atoms with Crippen LogP contribution >= 0.6 is 0 Å². The molecular weight excluding hydrogens is 439 g/mol. The van der Waals surface area contributed by atoms with E-state index in [0.29, 0.717) is 18.5 Å². The molecule has 35 heavy (non-hydrogen) atoms. The SMILES string of the molecule is CCC(C)c1cccc(C2CCCCC2)c1.CC[C@@H](CCCN)NC(C)=O.Oc1ccccc1F. The van der Waals surface area contributed by atoms with Gasteiger partial charge in [0.15, 0.2) is 11.6 Å². The molecule has 0 heterocycles. The number of benzene rings is 2. The van der Waals surface area contributed by atoms with E-state index in [0.717, 1.165) is 25.2 Å². The molecule has 3 rings (SSSR count). The molecule has 1 aliphatic carbocycles. The number of hydrogen-bond acceptors (Lipinski definition) is 3. The number of carbonyl (C=O) groups is 1. The van der Waals surface area contributed by atoms with Crippen LogP contribution < -0.4 is 11.1 Å². The number of phenols is 1. The fraction of sp³-hybridized carbons (Fsp3) is 0.567. The number of phenolic OH excluding ortho intramolecular Hbond substituents is 1. The average molecular weight is 487 g/mol. The molecule has 2 aromatic carbocycles. The highest BCUT2D eigenvalue weighted by Gasteiger charge is 2.16. The molecule has 4 nitrogen and oxygen atoms in total. The fourth-order valence-electron chi connectivity index (χ4n) is 4.27. The topological polar surface area (TPSA) is 75.3 Å². The van der Waals surface area contributed by atoms with Gasteiger partial charge < -0.3 is 16.2 Å². The van der Waals surface area contributed by atoms with E-state index in [2.05, 4.69) is 50.4 Å². The van der Waals surface area contributed by atoms with E-state index in [-0.39, 0.29) is 11.7 Å². The minimum Gasteiger partial charge on any atom is -0.505 e. The summed E-state index contributed by atoms with van der Waals surface area (Å²) in [4.78, 5) is 10.6. The molecule has 1 amide bonds. The summed E-state index contributed by atoms with van der Waals surface area (Å²) in [5.41, 5.74) is 8.48. The van der Waals surface area contributed by atoms with Crippen LogP contribution in [0.1, 0.15) is 108 Å². The van der Waals surface area contributed by atoms with Gasteiger partial charge in [-0.3, -0.25) is 4.79 Å². The third kappa shape index (κ3) is 12.7. The zero-order valence-electron chi connectivity index (χ0n) is 22.2. The molecular formula is C30H47FN2O2. The highest BCUT2D eigenvalue weighted by Crippen LogP contribution is 2.34. The Morgan fingerprint density at radius 1 is 1.09 bits per heavy atom. The Bertz CT molecular complexity index is 816. The van der Waals surface area contributed by atoms with Crippen LogP contribution in [-0.2, 0) is 4.79 Å². The summed E-state index contributed by atoms with van der Waals surface area (Å²) < 4.78 is 12.1. The van der Waals surface area contributed by atoms with E-state index >= 15 is 0 Å². The van der Waals surface area contributed by atoms with Gasteiger partial charge in [-0.15, -0.1) is 0 Å². The van der Waals surface area contributed by atoms with Crippen LogP contribution in [0.2, 0.25) is 0 Å². The summed E-state index contributed by atoms with van der Waals surface area (Å²) in [5, 5.41) is 11.4. The normalized spacial score (nSPS) is 15.0. The Balaban J connectivity index is 0.000000281. The Kier molecular flexibility index (Phi) is 15.7. The van der Waals surface area contributed by atoms with Crippen molar-refractivity contribution >= 4 is 5.91 Å². The number of hydrogen-bond donors (Lipinski definition) is 3. The van der Waals surface area contributed by atoms with Crippen LogP contribution in [0.15, 0.2) is 48.5 Å². The Labute approximate surface area is 212 Å². The molecule has 1 saturated carbocycles. The minimum absolute atomic E-state index is 0.0499. The Hall–Kier alpha value is -2.40. The van der Waals surface area contributed by atoms with Gasteiger partial charge in [0, 0.05) is 13.0 Å². The van der Waals surface area contributed by atoms with Gasteiger partial charge in [0.25, 0.3) is 0 Å². The third-order valence-corrected chi connectivity index (χ3v) is 6.68. The van der Waals surface area contributed by atoms with Gasteiger partial charge in [-0.25, -0.2) is 4.39 Å². The molecule has 0 saturated heterocycles. The molecule has 0 spiro atoms. The van der Waals surface area contributed by atoms with E-state index in [4.69, 9.17) is 10.8 Å². The molecule has 0 aromatic heterocycles. The zero-order chi connectivity index (χ0) is 26.1. The highest BCUT2D eigenvalue weighted by atomic mass is 19.1. The zero-order valence-corrected chi connectivity index (χ0v) is 22.2. The second-order valence-electron chi connectivity index (χ2n) is 9.50. The van der Waals surface area contributed by atoms with Crippen LogP contribution in [-0.4, -0.2) is 23.6 Å². The second-order valence-corrected chi connectivity index (χ2v) is 9.50. The summed E-state index contributed by atoms with van der Waals surface area (Å²) in [6.07, 6.45) is 11.3. The molecule has 0 bridgehead atoms. The number of rotatable bonds is 8. The van der Waals surface area contributed by atoms with Crippen molar-refractivity contribution in [3.63, 3.8) is 0 Å². The molecule has 2 aromatic rings. The number of aromatic hydroxyl groups is 1. The molecule has 196 valence electrons. The third-order valence-electron chi connectivity index (χ3n) is 6.68. The van der Waals surface area contributed by atoms with Crippen LogP contribution in [0.5, 0.6) is 5.75 Å². The molecule has 0 radical (unpaired) electrons. The van der Waals surface area contributed by atoms with Crippen molar-refractivity contribution in [2.75, 3.05) is 6.54 Å². The largest absolute Gasteiger partial charge is 0.505 e. The number of nitrogens with one attached hydrogen (secondary N) is 1. The lowest BCUT2D eigenvalue weighted by atomic mass is 9.83. The van der Waals surface area contributed by atoms with E-state index in [9.17, 15) is 9.18 Å². The first-order valence-corrected chi connectivity index (χ1v) is 13.3. The predicted octanol–water partition coefficient (Wildman–Crippen LogP) is 7.42. The van der Waals surface area contributed by atoms with Crippen molar-refractivity contribution in [1.82, 2.24) is 5.32 Å². The first kappa shape index (κ1) is 30.6. The Morgan fingerprint density at radius 2 is 1.77 bits per heavy atom. The average Bonchev–Trinajstić information content (AvgIpc) is 2.89. The van der Waals surface area contributed by atoms with Crippen LogP contribution in [0, 0.1) is 5.82 Å². The van der Waals surface area contributed by atoms with Gasteiger partial charge in [0.05, 0.1) is 0 Å². The highest BCUT2D eigenvalue weighted by molar-refractivity contribution is 5.73. The molecule has 2 atom stereocenters. The van der Waals surface area contributed by atoms with E-state index in [1.54, 1.807) is 18.6 Å². The first-order valence-electron chi connectivity index (χ1n) is 13.3. The Morgan fingerprint density at radius 3 is 2.29 bits per heavy atom. The van der Waals surface area contributed by atoms with Gasteiger partial charge in [-0.2, -0.15) is 0 Å². The molecule has 4 N–H and O–H groups in total. The quantitative estimate of drug-likeness (QED) is 0.363. The van der Waals surface area contributed by atoms with E-state index in [1.807, 2.05) is 0 Å². The number of carbonyl (C=O) groups excluding carboxylic acids is 1. The number of para-hydroxylation sites is 1. The van der Waals surface area contributed by atoms with Crippen molar-refractivity contribution in [2.45, 2.75) is 103 Å². The first-order chi connectivity index (χ1) is 16.8. The van der Waals surface area contributed by atoms with E-state index < -0.39 is 5.82 Å². The van der Waals surface area contributed by atoms with E-state index in [1.165, 1.54) is 62.3 Å².